The number of carbonyl (C=O) groups is 1. The number of benzene rings is 1. The fraction of sp³-hybridized carbons (Fsp3) is 0.562. The third-order valence-electron chi connectivity index (χ3n) is 4.11. The van der Waals surface area contributed by atoms with E-state index in [9.17, 15) is 17.6 Å². The maximum Gasteiger partial charge on any atom is 0.242 e. The van der Waals surface area contributed by atoms with Crippen LogP contribution in [-0.2, 0) is 14.8 Å². The second-order valence-corrected chi connectivity index (χ2v) is 8.12. The first-order valence-corrected chi connectivity index (χ1v) is 9.48. The molecule has 1 atom stereocenters. The van der Waals surface area contributed by atoms with Crippen molar-refractivity contribution >= 4 is 28.3 Å². The number of nitrogens with zero attached hydrogens (tertiary/aromatic N) is 2. The quantitative estimate of drug-likeness (QED) is 0.794. The van der Waals surface area contributed by atoms with E-state index < -0.39 is 15.8 Å². The van der Waals surface area contributed by atoms with E-state index in [-0.39, 0.29) is 35.8 Å². The Balaban J connectivity index is 0.00000312. The summed E-state index contributed by atoms with van der Waals surface area (Å²) in [6.45, 7) is 4.43. The highest BCUT2D eigenvalue weighted by molar-refractivity contribution is 7.89. The summed E-state index contributed by atoms with van der Waals surface area (Å²) in [6, 6.07) is 5.01. The van der Waals surface area contributed by atoms with Gasteiger partial charge in [0.1, 0.15) is 5.82 Å². The molecule has 1 aliphatic heterocycles. The SMILES string of the molecule is CC1CN(C(=O)CCCN(C)S(=O)(=O)c2ccc(F)cc2)CCN1.Cl. The number of nitrogens with one attached hydrogen (secondary N) is 1. The molecule has 1 N–H and O–H groups in total. The van der Waals surface area contributed by atoms with Gasteiger partial charge in [0.2, 0.25) is 15.9 Å². The Bertz CT molecular complexity index is 670. The molecule has 1 aliphatic rings. The molecule has 1 aromatic carbocycles. The van der Waals surface area contributed by atoms with Crippen LogP contribution in [0, 0.1) is 5.82 Å². The molecular weight excluding hydrogens is 369 g/mol. The molecule has 1 heterocycles. The van der Waals surface area contributed by atoms with Gasteiger partial charge in [0.15, 0.2) is 0 Å². The van der Waals surface area contributed by atoms with Crippen LogP contribution in [0.3, 0.4) is 0 Å². The number of hydrogen-bond donors (Lipinski definition) is 1. The Morgan fingerprint density at radius 3 is 2.60 bits per heavy atom. The zero-order chi connectivity index (χ0) is 17.7. The molecule has 1 fully saturated rings. The number of carbonyl (C=O) groups excluding carboxylic acids is 1. The highest BCUT2D eigenvalue weighted by Gasteiger charge is 2.23. The Kier molecular flexibility index (Phi) is 8.27. The predicted molar refractivity (Wildman–Crippen MR) is 96.7 cm³/mol. The summed E-state index contributed by atoms with van der Waals surface area (Å²) >= 11 is 0. The average molecular weight is 394 g/mol. The minimum Gasteiger partial charge on any atom is -0.340 e. The van der Waals surface area contributed by atoms with E-state index in [0.717, 1.165) is 18.7 Å². The molecule has 2 rings (SSSR count). The first-order chi connectivity index (χ1) is 11.3. The smallest absolute Gasteiger partial charge is 0.242 e. The molecular formula is C16H25ClFN3O3S. The second kappa shape index (κ2) is 9.47. The summed E-state index contributed by atoms with van der Waals surface area (Å²) in [6.07, 6.45) is 0.768. The molecule has 142 valence electrons. The zero-order valence-electron chi connectivity index (χ0n) is 14.4. The summed E-state index contributed by atoms with van der Waals surface area (Å²) in [5.74, 6) is -0.427. The number of halogens is 2. The lowest BCUT2D eigenvalue weighted by atomic mass is 10.2. The number of piperazine rings is 1. The summed E-state index contributed by atoms with van der Waals surface area (Å²) in [4.78, 5) is 14.0. The molecule has 1 amide bonds. The Morgan fingerprint density at radius 1 is 1.36 bits per heavy atom. The summed E-state index contributed by atoms with van der Waals surface area (Å²) in [7, 11) is -2.19. The fourth-order valence-corrected chi connectivity index (χ4v) is 3.89. The van der Waals surface area contributed by atoms with Gasteiger partial charge in [-0.25, -0.2) is 17.1 Å². The topological polar surface area (TPSA) is 69.7 Å². The van der Waals surface area contributed by atoms with E-state index in [2.05, 4.69) is 5.32 Å². The summed E-state index contributed by atoms with van der Waals surface area (Å²) < 4.78 is 38.8. The average Bonchev–Trinajstić information content (AvgIpc) is 2.55. The zero-order valence-corrected chi connectivity index (χ0v) is 16.1. The Labute approximate surface area is 154 Å². The van der Waals surface area contributed by atoms with Crippen LogP contribution in [-0.4, -0.2) is 62.8 Å². The van der Waals surface area contributed by atoms with Crippen molar-refractivity contribution in [2.75, 3.05) is 33.2 Å². The highest BCUT2D eigenvalue weighted by atomic mass is 35.5. The van der Waals surface area contributed by atoms with Gasteiger partial charge >= 0.3 is 0 Å². The van der Waals surface area contributed by atoms with E-state index in [0.29, 0.717) is 25.9 Å². The first kappa shape index (κ1) is 21.8. The van der Waals surface area contributed by atoms with Crippen LogP contribution >= 0.6 is 12.4 Å². The number of amides is 1. The monoisotopic (exact) mass is 393 g/mol. The molecule has 0 bridgehead atoms. The van der Waals surface area contributed by atoms with Crippen molar-refractivity contribution in [2.45, 2.75) is 30.7 Å². The minimum absolute atomic E-state index is 0. The van der Waals surface area contributed by atoms with Gasteiger partial charge in [0.25, 0.3) is 0 Å². The van der Waals surface area contributed by atoms with Crippen LogP contribution in [0.2, 0.25) is 0 Å². The molecule has 0 aromatic heterocycles. The second-order valence-electron chi connectivity index (χ2n) is 6.08. The van der Waals surface area contributed by atoms with Gasteiger partial charge in [-0.05, 0) is 37.6 Å². The van der Waals surface area contributed by atoms with Crippen molar-refractivity contribution in [1.82, 2.24) is 14.5 Å². The van der Waals surface area contributed by atoms with E-state index >= 15 is 0 Å². The third kappa shape index (κ3) is 5.91. The van der Waals surface area contributed by atoms with E-state index in [1.54, 1.807) is 0 Å². The maximum atomic E-state index is 12.9. The van der Waals surface area contributed by atoms with Gasteiger partial charge < -0.3 is 10.2 Å². The maximum absolute atomic E-state index is 12.9. The van der Waals surface area contributed by atoms with Crippen molar-refractivity contribution in [3.05, 3.63) is 30.1 Å². The predicted octanol–water partition coefficient (Wildman–Crippen LogP) is 1.47. The van der Waals surface area contributed by atoms with Crippen LogP contribution in [0.4, 0.5) is 4.39 Å². The van der Waals surface area contributed by atoms with Gasteiger partial charge in [-0.3, -0.25) is 4.79 Å². The Morgan fingerprint density at radius 2 is 2.00 bits per heavy atom. The summed E-state index contributed by atoms with van der Waals surface area (Å²) in [5.41, 5.74) is 0. The lowest BCUT2D eigenvalue weighted by Crippen LogP contribution is -2.51. The van der Waals surface area contributed by atoms with E-state index in [4.69, 9.17) is 0 Å². The van der Waals surface area contributed by atoms with Crippen molar-refractivity contribution in [1.29, 1.82) is 0 Å². The highest BCUT2D eigenvalue weighted by Crippen LogP contribution is 2.15. The van der Waals surface area contributed by atoms with E-state index in [1.807, 2.05) is 11.8 Å². The summed E-state index contributed by atoms with van der Waals surface area (Å²) in [5, 5.41) is 3.28. The first-order valence-electron chi connectivity index (χ1n) is 8.04. The van der Waals surface area contributed by atoms with Crippen molar-refractivity contribution in [3.63, 3.8) is 0 Å². The molecule has 0 radical (unpaired) electrons. The van der Waals surface area contributed by atoms with Gasteiger partial charge in [-0.15, -0.1) is 12.4 Å². The van der Waals surface area contributed by atoms with Gasteiger partial charge in [-0.1, -0.05) is 0 Å². The van der Waals surface area contributed by atoms with Crippen LogP contribution in [0.15, 0.2) is 29.2 Å². The van der Waals surface area contributed by atoms with Crippen molar-refractivity contribution < 1.29 is 17.6 Å². The Hall–Kier alpha value is -1.22. The molecule has 9 heteroatoms. The largest absolute Gasteiger partial charge is 0.340 e. The molecule has 25 heavy (non-hydrogen) atoms. The molecule has 0 spiro atoms. The molecule has 1 saturated heterocycles. The lowest BCUT2D eigenvalue weighted by Gasteiger charge is -2.32. The molecule has 6 nitrogen and oxygen atoms in total. The van der Waals surface area contributed by atoms with Crippen molar-refractivity contribution in [3.8, 4) is 0 Å². The standard InChI is InChI=1S/C16H24FN3O3S.ClH/c1-13-12-20(11-9-18-13)16(21)4-3-10-19(2)24(22,23)15-7-5-14(17)6-8-15;/h5-8,13,18H,3-4,9-12H2,1-2H3;1H. The van der Waals surface area contributed by atoms with Crippen molar-refractivity contribution in [2.24, 2.45) is 0 Å². The molecule has 1 aromatic rings. The number of rotatable bonds is 6. The molecule has 0 aliphatic carbocycles. The van der Waals surface area contributed by atoms with Crippen LogP contribution in [0.5, 0.6) is 0 Å². The fourth-order valence-electron chi connectivity index (χ4n) is 2.68. The molecule has 1 unspecified atom stereocenters. The number of sulfonamides is 1. The normalized spacial score (nSPS) is 18.1. The van der Waals surface area contributed by atoms with Crippen LogP contribution < -0.4 is 5.32 Å². The van der Waals surface area contributed by atoms with E-state index in [1.165, 1.54) is 23.5 Å². The van der Waals surface area contributed by atoms with Gasteiger partial charge in [0.05, 0.1) is 4.90 Å². The third-order valence-corrected chi connectivity index (χ3v) is 5.98. The van der Waals surface area contributed by atoms with Crippen LogP contribution in [0.25, 0.3) is 0 Å². The van der Waals surface area contributed by atoms with Gasteiger partial charge in [0, 0.05) is 45.7 Å². The number of hydrogen-bond acceptors (Lipinski definition) is 4. The van der Waals surface area contributed by atoms with Gasteiger partial charge in [-0.2, -0.15) is 0 Å². The van der Waals surface area contributed by atoms with Crippen LogP contribution in [0.1, 0.15) is 19.8 Å². The molecule has 0 saturated carbocycles. The minimum atomic E-state index is -3.66. The lowest BCUT2D eigenvalue weighted by molar-refractivity contribution is -0.132.